The summed E-state index contributed by atoms with van der Waals surface area (Å²) in [6.07, 6.45) is -0.588. The minimum absolute atomic E-state index is 0.154. The Labute approximate surface area is 167 Å². The number of anilines is 1. The molecule has 0 radical (unpaired) electrons. The van der Waals surface area contributed by atoms with Gasteiger partial charge < -0.3 is 14.4 Å². The third-order valence-electron chi connectivity index (χ3n) is 4.24. The van der Waals surface area contributed by atoms with Gasteiger partial charge in [-0.3, -0.25) is 10.2 Å². The minimum atomic E-state index is -3.54. The molecule has 1 N–H and O–H groups in total. The molecule has 0 bridgehead atoms. The molecule has 1 aromatic rings. The predicted molar refractivity (Wildman–Crippen MR) is 108 cm³/mol. The molecule has 1 aliphatic rings. The van der Waals surface area contributed by atoms with Gasteiger partial charge in [0.2, 0.25) is 9.84 Å². The topological polar surface area (TPSA) is 88.2 Å². The van der Waals surface area contributed by atoms with E-state index in [1.165, 1.54) is 24.3 Å². The zero-order chi connectivity index (χ0) is 20.8. The fraction of sp³-hybridized carbons (Fsp3) is 0.632. The summed E-state index contributed by atoms with van der Waals surface area (Å²) in [4.78, 5) is 16.4. The van der Waals surface area contributed by atoms with Crippen LogP contribution in [0.5, 0.6) is 0 Å². The summed E-state index contributed by atoms with van der Waals surface area (Å²) in [5.74, 6) is -0.362. The van der Waals surface area contributed by atoms with Gasteiger partial charge in [0, 0.05) is 38.4 Å². The van der Waals surface area contributed by atoms with Crippen molar-refractivity contribution in [1.29, 1.82) is 0 Å². The van der Waals surface area contributed by atoms with Gasteiger partial charge in [0.1, 0.15) is 5.60 Å². The summed E-state index contributed by atoms with van der Waals surface area (Å²) < 4.78 is 35.3. The highest BCUT2D eigenvalue weighted by Crippen LogP contribution is 2.17. The van der Waals surface area contributed by atoms with Gasteiger partial charge in [0.05, 0.1) is 11.5 Å². The molecule has 9 heteroatoms. The molecule has 1 fully saturated rings. The second-order valence-corrected chi connectivity index (χ2v) is 9.87. The first-order chi connectivity index (χ1) is 13.0. The highest BCUT2D eigenvalue weighted by atomic mass is 32.2. The maximum atomic E-state index is 12.4. The van der Waals surface area contributed by atoms with Crippen LogP contribution in [0, 0.1) is 0 Å². The molecule has 1 amide bonds. The SMILES string of the molecule is CN1CCN(CCOCS(=O)(=O)c2ccc(NC(=O)OC(C)(C)C)cc2)CC1. The largest absolute Gasteiger partial charge is 0.444 e. The van der Waals surface area contributed by atoms with Crippen LogP contribution in [0.2, 0.25) is 0 Å². The Bertz CT molecular complexity index is 736. The van der Waals surface area contributed by atoms with Gasteiger partial charge in [-0.05, 0) is 52.1 Å². The minimum Gasteiger partial charge on any atom is -0.444 e. The second-order valence-electron chi connectivity index (χ2n) is 7.94. The number of carbonyl (C=O) groups excluding carboxylic acids is 1. The summed E-state index contributed by atoms with van der Waals surface area (Å²) in [7, 11) is -1.45. The Kier molecular flexibility index (Phi) is 7.82. The van der Waals surface area contributed by atoms with Crippen molar-refractivity contribution < 1.29 is 22.7 Å². The van der Waals surface area contributed by atoms with Gasteiger partial charge >= 0.3 is 6.09 Å². The van der Waals surface area contributed by atoms with Crippen LogP contribution < -0.4 is 5.32 Å². The number of benzene rings is 1. The number of likely N-dealkylation sites (N-methyl/N-ethyl adjacent to an activating group) is 1. The first kappa shape index (κ1) is 22.6. The molecule has 2 rings (SSSR count). The lowest BCUT2D eigenvalue weighted by Gasteiger charge is -2.32. The molecule has 8 nitrogen and oxygen atoms in total. The van der Waals surface area contributed by atoms with Crippen LogP contribution in [-0.2, 0) is 19.3 Å². The molecule has 0 spiro atoms. The highest BCUT2D eigenvalue weighted by molar-refractivity contribution is 7.91. The monoisotopic (exact) mass is 413 g/mol. The molecule has 0 saturated carbocycles. The van der Waals surface area contributed by atoms with E-state index in [9.17, 15) is 13.2 Å². The fourth-order valence-corrected chi connectivity index (χ4v) is 3.69. The van der Waals surface area contributed by atoms with E-state index in [-0.39, 0.29) is 10.8 Å². The summed E-state index contributed by atoms with van der Waals surface area (Å²) in [6.45, 7) is 10.4. The molecule has 0 aromatic heterocycles. The lowest BCUT2D eigenvalue weighted by Crippen LogP contribution is -2.45. The molecule has 0 atom stereocenters. The number of amides is 1. The van der Waals surface area contributed by atoms with Crippen molar-refractivity contribution in [3.63, 3.8) is 0 Å². The molecule has 0 unspecified atom stereocenters. The normalized spacial score (nSPS) is 16.7. The third kappa shape index (κ3) is 7.75. The van der Waals surface area contributed by atoms with E-state index in [0.29, 0.717) is 12.3 Å². The number of ether oxygens (including phenoxy) is 2. The van der Waals surface area contributed by atoms with E-state index < -0.39 is 21.5 Å². The van der Waals surface area contributed by atoms with Crippen LogP contribution in [0.4, 0.5) is 10.5 Å². The van der Waals surface area contributed by atoms with Crippen molar-refractivity contribution in [2.24, 2.45) is 0 Å². The summed E-state index contributed by atoms with van der Waals surface area (Å²) in [6, 6.07) is 5.96. The number of piperazine rings is 1. The van der Waals surface area contributed by atoms with Gasteiger partial charge in [-0.2, -0.15) is 0 Å². The lowest BCUT2D eigenvalue weighted by atomic mass is 10.2. The van der Waals surface area contributed by atoms with Crippen molar-refractivity contribution >= 4 is 21.6 Å². The maximum Gasteiger partial charge on any atom is 0.412 e. The Morgan fingerprint density at radius 2 is 1.71 bits per heavy atom. The number of nitrogens with zero attached hydrogens (tertiary/aromatic N) is 2. The van der Waals surface area contributed by atoms with Crippen LogP contribution in [-0.4, -0.2) is 82.2 Å². The number of nitrogens with one attached hydrogen (secondary N) is 1. The molecular formula is C19H31N3O5S. The van der Waals surface area contributed by atoms with Crippen LogP contribution in [0.25, 0.3) is 0 Å². The number of hydrogen-bond acceptors (Lipinski definition) is 7. The number of sulfone groups is 1. The van der Waals surface area contributed by atoms with Crippen LogP contribution in [0.1, 0.15) is 20.8 Å². The Hall–Kier alpha value is -1.68. The van der Waals surface area contributed by atoms with Gasteiger partial charge in [-0.1, -0.05) is 0 Å². The van der Waals surface area contributed by atoms with E-state index in [4.69, 9.17) is 9.47 Å². The predicted octanol–water partition coefficient (Wildman–Crippen LogP) is 2.03. The lowest BCUT2D eigenvalue weighted by molar-refractivity contribution is 0.0636. The zero-order valence-electron chi connectivity index (χ0n) is 17.1. The highest BCUT2D eigenvalue weighted by Gasteiger charge is 2.18. The molecule has 0 aliphatic carbocycles. The number of hydrogen-bond donors (Lipinski definition) is 1. The fourth-order valence-electron chi connectivity index (χ4n) is 2.67. The molecule has 158 valence electrons. The number of carbonyl (C=O) groups is 1. The molecule has 1 saturated heterocycles. The van der Waals surface area contributed by atoms with Crippen molar-refractivity contribution in [2.75, 3.05) is 57.6 Å². The summed E-state index contributed by atoms with van der Waals surface area (Å²) in [5.41, 5.74) is -0.140. The van der Waals surface area contributed by atoms with Crippen LogP contribution in [0.3, 0.4) is 0 Å². The van der Waals surface area contributed by atoms with Crippen LogP contribution >= 0.6 is 0 Å². The first-order valence-electron chi connectivity index (χ1n) is 9.37. The standard InChI is InChI=1S/C19H31N3O5S/c1-19(2,3)27-18(23)20-16-5-7-17(8-6-16)28(24,25)15-26-14-13-22-11-9-21(4)10-12-22/h5-8H,9-15H2,1-4H3,(H,20,23). The average Bonchev–Trinajstić information content (AvgIpc) is 2.59. The van der Waals surface area contributed by atoms with Gasteiger partial charge in [-0.15, -0.1) is 0 Å². The van der Waals surface area contributed by atoms with Crippen molar-refractivity contribution in [3.8, 4) is 0 Å². The summed E-state index contributed by atoms with van der Waals surface area (Å²) in [5, 5.41) is 2.57. The Morgan fingerprint density at radius 3 is 2.29 bits per heavy atom. The zero-order valence-corrected chi connectivity index (χ0v) is 17.9. The molecule has 1 heterocycles. The van der Waals surface area contributed by atoms with Gasteiger partial charge in [-0.25, -0.2) is 13.2 Å². The van der Waals surface area contributed by atoms with E-state index >= 15 is 0 Å². The van der Waals surface area contributed by atoms with E-state index in [0.717, 1.165) is 32.7 Å². The molecule has 28 heavy (non-hydrogen) atoms. The van der Waals surface area contributed by atoms with Crippen molar-refractivity contribution in [3.05, 3.63) is 24.3 Å². The first-order valence-corrected chi connectivity index (χ1v) is 11.0. The van der Waals surface area contributed by atoms with Gasteiger partial charge in [0.15, 0.2) is 5.94 Å². The molecule has 1 aromatic carbocycles. The Balaban J connectivity index is 1.78. The van der Waals surface area contributed by atoms with E-state index in [2.05, 4.69) is 22.2 Å². The van der Waals surface area contributed by atoms with Gasteiger partial charge in [0.25, 0.3) is 0 Å². The van der Waals surface area contributed by atoms with E-state index in [1.54, 1.807) is 20.8 Å². The van der Waals surface area contributed by atoms with Crippen LogP contribution in [0.15, 0.2) is 29.2 Å². The third-order valence-corrected chi connectivity index (χ3v) is 5.71. The summed E-state index contributed by atoms with van der Waals surface area (Å²) >= 11 is 0. The smallest absolute Gasteiger partial charge is 0.412 e. The second kappa shape index (κ2) is 9.69. The average molecular weight is 414 g/mol. The maximum absolute atomic E-state index is 12.4. The quantitative estimate of drug-likeness (QED) is 0.684. The Morgan fingerprint density at radius 1 is 1.11 bits per heavy atom. The van der Waals surface area contributed by atoms with E-state index in [1.807, 2.05) is 0 Å². The van der Waals surface area contributed by atoms with Crippen molar-refractivity contribution in [1.82, 2.24) is 9.80 Å². The van der Waals surface area contributed by atoms with Crippen molar-refractivity contribution in [2.45, 2.75) is 31.3 Å². The number of rotatable bonds is 7. The molecule has 1 aliphatic heterocycles. The molecular weight excluding hydrogens is 382 g/mol.